The second-order valence-corrected chi connectivity index (χ2v) is 4.31. The smallest absolute Gasteiger partial charge is 0.338 e. The summed E-state index contributed by atoms with van der Waals surface area (Å²) in [6.07, 6.45) is 0.874. The molecule has 2 rings (SSSR count). The highest BCUT2D eigenvalue weighted by atomic mass is 35.5. The third kappa shape index (κ3) is 5.59. The van der Waals surface area contributed by atoms with E-state index in [2.05, 4.69) is 4.90 Å². The van der Waals surface area contributed by atoms with Crippen LogP contribution in [0.2, 0.25) is 0 Å². The molecule has 0 bridgehead atoms. The second kappa shape index (κ2) is 8.91. The summed E-state index contributed by atoms with van der Waals surface area (Å²) in [5.41, 5.74) is 0.615. The molecule has 1 aliphatic heterocycles. The molecule has 1 heterocycles. The molecule has 0 aromatic heterocycles. The van der Waals surface area contributed by atoms with Crippen molar-refractivity contribution in [3.63, 3.8) is 0 Å². The Kier molecular flexibility index (Phi) is 7.48. The third-order valence-electron chi connectivity index (χ3n) is 2.97. The first-order valence-electron chi connectivity index (χ1n) is 6.38. The van der Waals surface area contributed by atoms with Crippen LogP contribution < -0.4 is 0 Å². The van der Waals surface area contributed by atoms with Crippen LogP contribution in [0.25, 0.3) is 0 Å². The zero-order valence-electron chi connectivity index (χ0n) is 10.9. The van der Waals surface area contributed by atoms with Gasteiger partial charge in [-0.2, -0.15) is 0 Å². The molecule has 0 N–H and O–H groups in total. The summed E-state index contributed by atoms with van der Waals surface area (Å²) in [6, 6.07) is 9.10. The van der Waals surface area contributed by atoms with Gasteiger partial charge in [0.2, 0.25) is 0 Å². The van der Waals surface area contributed by atoms with Crippen LogP contribution in [0.15, 0.2) is 30.3 Å². The number of rotatable bonds is 5. The predicted molar refractivity (Wildman–Crippen MR) is 75.8 cm³/mol. The quantitative estimate of drug-likeness (QED) is 0.613. The molecule has 0 radical (unpaired) electrons. The van der Waals surface area contributed by atoms with Crippen LogP contribution in [0, 0.1) is 0 Å². The van der Waals surface area contributed by atoms with E-state index in [4.69, 9.17) is 9.47 Å². The summed E-state index contributed by atoms with van der Waals surface area (Å²) in [5.74, 6) is -0.238. The zero-order valence-corrected chi connectivity index (χ0v) is 11.7. The number of esters is 1. The van der Waals surface area contributed by atoms with E-state index in [0.717, 1.165) is 39.3 Å². The Morgan fingerprint density at radius 3 is 2.58 bits per heavy atom. The molecule has 4 nitrogen and oxygen atoms in total. The SMILES string of the molecule is Cl.O=C(OCCCN1CCOCC1)c1ccccc1. The lowest BCUT2D eigenvalue weighted by molar-refractivity contribution is 0.0298. The molecule has 106 valence electrons. The minimum Gasteiger partial charge on any atom is -0.462 e. The first-order chi connectivity index (χ1) is 8.86. The molecular weight excluding hydrogens is 266 g/mol. The number of hydrogen-bond acceptors (Lipinski definition) is 4. The van der Waals surface area contributed by atoms with Gasteiger partial charge in [0.15, 0.2) is 0 Å². The Morgan fingerprint density at radius 2 is 1.89 bits per heavy atom. The van der Waals surface area contributed by atoms with E-state index >= 15 is 0 Å². The molecule has 1 saturated heterocycles. The van der Waals surface area contributed by atoms with E-state index in [0.29, 0.717) is 12.2 Å². The van der Waals surface area contributed by atoms with Crippen molar-refractivity contribution in [1.82, 2.24) is 4.90 Å². The van der Waals surface area contributed by atoms with Crippen molar-refractivity contribution in [2.75, 3.05) is 39.5 Å². The van der Waals surface area contributed by atoms with Gasteiger partial charge < -0.3 is 9.47 Å². The molecule has 0 unspecified atom stereocenters. The van der Waals surface area contributed by atoms with Crippen LogP contribution >= 0.6 is 12.4 Å². The summed E-state index contributed by atoms with van der Waals surface area (Å²) >= 11 is 0. The number of nitrogens with zero attached hydrogens (tertiary/aromatic N) is 1. The van der Waals surface area contributed by atoms with Crippen LogP contribution in [-0.2, 0) is 9.47 Å². The number of halogens is 1. The number of carbonyl (C=O) groups excluding carboxylic acids is 1. The van der Waals surface area contributed by atoms with Crippen LogP contribution in [0.5, 0.6) is 0 Å². The minimum absolute atomic E-state index is 0. The van der Waals surface area contributed by atoms with Crippen molar-refractivity contribution in [3.05, 3.63) is 35.9 Å². The average Bonchev–Trinajstić information content (AvgIpc) is 2.45. The molecule has 5 heteroatoms. The lowest BCUT2D eigenvalue weighted by atomic mass is 10.2. The first-order valence-corrected chi connectivity index (χ1v) is 6.38. The van der Waals surface area contributed by atoms with Crippen LogP contribution in [0.1, 0.15) is 16.8 Å². The number of benzene rings is 1. The Morgan fingerprint density at radius 1 is 1.21 bits per heavy atom. The van der Waals surface area contributed by atoms with Gasteiger partial charge in [0.1, 0.15) is 0 Å². The largest absolute Gasteiger partial charge is 0.462 e. The van der Waals surface area contributed by atoms with E-state index in [1.54, 1.807) is 12.1 Å². The fourth-order valence-electron chi connectivity index (χ4n) is 1.94. The van der Waals surface area contributed by atoms with Gasteiger partial charge in [0.05, 0.1) is 25.4 Å². The van der Waals surface area contributed by atoms with Gasteiger partial charge in [-0.05, 0) is 18.6 Å². The van der Waals surface area contributed by atoms with E-state index in [1.165, 1.54) is 0 Å². The van der Waals surface area contributed by atoms with Crippen molar-refractivity contribution in [1.29, 1.82) is 0 Å². The van der Waals surface area contributed by atoms with Crippen molar-refractivity contribution < 1.29 is 14.3 Å². The lowest BCUT2D eigenvalue weighted by Crippen LogP contribution is -2.37. The lowest BCUT2D eigenvalue weighted by Gasteiger charge is -2.26. The molecular formula is C14H20ClNO3. The highest BCUT2D eigenvalue weighted by Gasteiger charge is 2.10. The molecule has 19 heavy (non-hydrogen) atoms. The molecule has 0 aliphatic carbocycles. The number of morpholine rings is 1. The van der Waals surface area contributed by atoms with Gasteiger partial charge >= 0.3 is 5.97 Å². The molecule has 1 aliphatic rings. The molecule has 0 spiro atoms. The van der Waals surface area contributed by atoms with E-state index < -0.39 is 0 Å². The average molecular weight is 286 g/mol. The normalized spacial score (nSPS) is 15.6. The number of ether oxygens (including phenoxy) is 2. The van der Waals surface area contributed by atoms with Gasteiger partial charge in [-0.3, -0.25) is 4.90 Å². The van der Waals surface area contributed by atoms with Gasteiger partial charge in [-0.15, -0.1) is 12.4 Å². The Labute approximate surface area is 120 Å². The third-order valence-corrected chi connectivity index (χ3v) is 2.97. The van der Waals surface area contributed by atoms with Gasteiger partial charge in [-0.1, -0.05) is 18.2 Å². The molecule has 0 saturated carbocycles. The fourth-order valence-corrected chi connectivity index (χ4v) is 1.94. The zero-order chi connectivity index (χ0) is 12.6. The second-order valence-electron chi connectivity index (χ2n) is 4.31. The summed E-state index contributed by atoms with van der Waals surface area (Å²) in [4.78, 5) is 14.0. The monoisotopic (exact) mass is 285 g/mol. The maximum absolute atomic E-state index is 11.6. The molecule has 0 atom stereocenters. The standard InChI is InChI=1S/C14H19NO3.ClH/c16-14(13-5-2-1-3-6-13)18-10-4-7-15-8-11-17-12-9-15;/h1-3,5-6H,4,7-12H2;1H. The van der Waals surface area contributed by atoms with Crippen LogP contribution in [0.4, 0.5) is 0 Å². The maximum Gasteiger partial charge on any atom is 0.338 e. The minimum atomic E-state index is -0.238. The Bertz CT molecular complexity index is 366. The van der Waals surface area contributed by atoms with Crippen molar-refractivity contribution >= 4 is 18.4 Å². The number of hydrogen-bond donors (Lipinski definition) is 0. The summed E-state index contributed by atoms with van der Waals surface area (Å²) in [6.45, 7) is 5.02. The van der Waals surface area contributed by atoms with Crippen LogP contribution in [-0.4, -0.2) is 50.3 Å². The highest BCUT2D eigenvalue weighted by molar-refractivity contribution is 5.89. The van der Waals surface area contributed by atoms with E-state index in [1.807, 2.05) is 18.2 Å². The molecule has 0 amide bonds. The maximum atomic E-state index is 11.6. The van der Waals surface area contributed by atoms with Crippen molar-refractivity contribution in [2.45, 2.75) is 6.42 Å². The summed E-state index contributed by atoms with van der Waals surface area (Å²) in [5, 5.41) is 0. The fraction of sp³-hybridized carbons (Fsp3) is 0.500. The van der Waals surface area contributed by atoms with E-state index in [-0.39, 0.29) is 18.4 Å². The van der Waals surface area contributed by atoms with Crippen molar-refractivity contribution in [2.24, 2.45) is 0 Å². The first kappa shape index (κ1) is 16.0. The number of carbonyl (C=O) groups is 1. The Hall–Kier alpha value is -1.10. The van der Waals surface area contributed by atoms with Gasteiger partial charge in [0, 0.05) is 19.6 Å². The van der Waals surface area contributed by atoms with Gasteiger partial charge in [0.25, 0.3) is 0 Å². The molecule has 1 aromatic rings. The molecule has 1 fully saturated rings. The van der Waals surface area contributed by atoms with Crippen molar-refractivity contribution in [3.8, 4) is 0 Å². The summed E-state index contributed by atoms with van der Waals surface area (Å²) < 4.78 is 10.5. The predicted octanol–water partition coefficient (Wildman–Crippen LogP) is 1.99. The topological polar surface area (TPSA) is 38.8 Å². The summed E-state index contributed by atoms with van der Waals surface area (Å²) in [7, 11) is 0. The Balaban J connectivity index is 0.00000180. The van der Waals surface area contributed by atoms with Gasteiger partial charge in [-0.25, -0.2) is 4.79 Å². The molecule has 1 aromatic carbocycles. The van der Waals surface area contributed by atoms with E-state index in [9.17, 15) is 4.79 Å². The van der Waals surface area contributed by atoms with Crippen LogP contribution in [0.3, 0.4) is 0 Å². The highest BCUT2D eigenvalue weighted by Crippen LogP contribution is 2.02.